The van der Waals surface area contributed by atoms with Crippen molar-refractivity contribution in [2.75, 3.05) is 44.3 Å². The maximum absolute atomic E-state index is 15.6. The van der Waals surface area contributed by atoms with Crippen molar-refractivity contribution in [2.45, 2.75) is 258 Å². The fourth-order valence-electron chi connectivity index (χ4n) is 14.8. The highest BCUT2D eigenvalue weighted by molar-refractivity contribution is 8.76. The van der Waals surface area contributed by atoms with Gasteiger partial charge < -0.3 is 165 Å². The zero-order valence-electron chi connectivity index (χ0n) is 80.2. The van der Waals surface area contributed by atoms with Crippen LogP contribution in [-0.4, -0.2) is 343 Å². The number of carboxylic acids is 4. The monoisotopic (exact) mass is 2100 g/mol. The van der Waals surface area contributed by atoms with Crippen LogP contribution in [0.1, 0.15) is 148 Å². The molecule has 3 saturated heterocycles. The van der Waals surface area contributed by atoms with Crippen LogP contribution in [0.3, 0.4) is 0 Å². The Bertz CT molecular complexity index is 5050. The number of carbonyl (C=O) groups is 24. The lowest BCUT2D eigenvalue weighted by Gasteiger charge is -2.30. The maximum Gasteiger partial charge on any atom is 0.305 e. The number of amides is 20. The summed E-state index contributed by atoms with van der Waals surface area (Å²) in [6.07, 6.45) is -10.7. The SMILES string of the molecule is CC(C)[C@@H]1NC(=O)[C@H](Cc2ccccc2)NC(=O)[C@H](CC(=O)O)NC(=O)C(CO)NC(=O)[C@@H]2CSSC[C@H](NC(=O)C(CCCNC(=N)N)NC(=O)[C@H](CCCNC(=N)N)NC(=O)[C@H](C)NC(=O)[C@H](CCC(=O)O)NC(=O)[C@H](CC(=O)O)NC(=O)[C@H](C)NC(=O)[C@H](CCC(N)=O)NC1=O)C(=O)N[C@@H](Cc1ccc(O)cc1)C(=O)N[C@@H](CC(N)=O)C(=O)N[C@@H](CC(=O)O)C(=O)N1CCC[C@H]1C(=O)NC(CCCCN)C(=O)N2. The number of aliphatic hydroxyl groups is 1. The van der Waals surface area contributed by atoms with Gasteiger partial charge in [0.1, 0.15) is 115 Å². The van der Waals surface area contributed by atoms with E-state index >= 15 is 28.8 Å². The van der Waals surface area contributed by atoms with Gasteiger partial charge in [-0.1, -0.05) is 77.9 Å². The molecule has 0 aromatic heterocycles. The van der Waals surface area contributed by atoms with Gasteiger partial charge in [-0.05, 0) is 120 Å². The van der Waals surface area contributed by atoms with Crippen LogP contribution < -0.4 is 130 Å². The Morgan fingerprint density at radius 1 is 0.390 bits per heavy atom. The molecule has 5 rings (SSSR count). The predicted octanol–water partition coefficient (Wildman–Crippen LogP) is -11.4. The summed E-state index contributed by atoms with van der Waals surface area (Å²) >= 11 is 0. The summed E-state index contributed by atoms with van der Waals surface area (Å²) in [7, 11) is 1.16. The highest BCUT2D eigenvalue weighted by atomic mass is 33.1. The zero-order valence-corrected chi connectivity index (χ0v) is 81.8. The largest absolute Gasteiger partial charge is 0.508 e. The topological polar surface area (TPSA) is 941 Å². The van der Waals surface area contributed by atoms with E-state index in [0.29, 0.717) is 27.2 Å². The maximum atomic E-state index is 15.6. The Balaban J connectivity index is 1.83. The number of phenols is 1. The van der Waals surface area contributed by atoms with Crippen LogP contribution in [0.4, 0.5) is 0 Å². The average Bonchev–Trinajstić information content (AvgIpc) is 1.69. The molecule has 57 nitrogen and oxygen atoms in total. The van der Waals surface area contributed by atoms with Gasteiger partial charge >= 0.3 is 23.9 Å². The molecule has 0 radical (unpaired) electrons. The Morgan fingerprint density at radius 2 is 0.747 bits per heavy atom. The van der Waals surface area contributed by atoms with Gasteiger partial charge in [0.2, 0.25) is 118 Å². The third kappa shape index (κ3) is 42.3. The molecule has 0 spiro atoms. The molecule has 2 aromatic rings. The number of aromatic hydroxyl groups is 1. The number of aliphatic carboxylic acids is 4. The number of aliphatic hydroxyl groups excluding tert-OH is 1. The van der Waals surface area contributed by atoms with Crippen LogP contribution in [-0.2, 0) is 128 Å². The molecule has 18 atom stereocenters. The molecule has 0 saturated carbocycles. The molecule has 37 N–H and O–H groups in total. The molecule has 3 aliphatic rings. The number of fused-ring (bicyclic) bond motifs is 6. The van der Waals surface area contributed by atoms with Gasteiger partial charge in [0.15, 0.2) is 11.9 Å². The van der Waals surface area contributed by atoms with Gasteiger partial charge in [0, 0.05) is 56.8 Å². The number of nitrogens with one attached hydrogen (secondary N) is 21. The molecular formula is C87H129N27O30S2. The highest BCUT2D eigenvalue weighted by Gasteiger charge is 2.45. The number of nitrogens with two attached hydrogens (primary N) is 5. The number of phenolic OH excluding ortho intramolecular Hbond substituents is 1. The molecule has 2 bridgehead atoms. The molecule has 59 heteroatoms. The van der Waals surface area contributed by atoms with Gasteiger partial charge in [0.05, 0.1) is 32.3 Å². The van der Waals surface area contributed by atoms with Gasteiger partial charge in [-0.15, -0.1) is 0 Å². The van der Waals surface area contributed by atoms with E-state index in [1.54, 1.807) is 6.07 Å². The summed E-state index contributed by atoms with van der Waals surface area (Å²) in [6, 6.07) is -23.0. The number of primary amides is 2. The molecule has 0 aliphatic carbocycles. The molecule has 146 heavy (non-hydrogen) atoms. The first-order valence-corrected chi connectivity index (χ1v) is 48.8. The smallest absolute Gasteiger partial charge is 0.305 e. The lowest BCUT2D eigenvalue weighted by Crippen LogP contribution is -2.62. The summed E-state index contributed by atoms with van der Waals surface area (Å²) in [6.45, 7) is 2.67. The van der Waals surface area contributed by atoms with E-state index in [4.69, 9.17) is 39.5 Å². The van der Waals surface area contributed by atoms with Crippen molar-refractivity contribution in [3.8, 4) is 5.75 Å². The highest BCUT2D eigenvalue weighted by Crippen LogP contribution is 2.26. The number of carbonyl (C=O) groups excluding carboxylic acids is 20. The minimum Gasteiger partial charge on any atom is -0.508 e. The summed E-state index contributed by atoms with van der Waals surface area (Å²) in [4.78, 5) is 342. The molecule has 804 valence electrons. The van der Waals surface area contributed by atoms with E-state index in [1.807, 2.05) is 0 Å². The van der Waals surface area contributed by atoms with Gasteiger partial charge in [0.25, 0.3) is 0 Å². The number of benzene rings is 2. The summed E-state index contributed by atoms with van der Waals surface area (Å²) in [5, 5.41) is 122. The lowest BCUT2D eigenvalue weighted by atomic mass is 9.99. The van der Waals surface area contributed by atoms with Crippen molar-refractivity contribution in [1.29, 1.82) is 10.8 Å². The van der Waals surface area contributed by atoms with Crippen molar-refractivity contribution in [3.63, 3.8) is 0 Å². The van der Waals surface area contributed by atoms with Crippen molar-refractivity contribution >= 4 is 176 Å². The summed E-state index contributed by atoms with van der Waals surface area (Å²) < 4.78 is 0. The molecule has 3 heterocycles. The number of hydrogen-bond donors (Lipinski definition) is 32. The second-order valence-electron chi connectivity index (χ2n) is 34.7. The average molecular weight is 2100 g/mol. The van der Waals surface area contributed by atoms with E-state index in [1.165, 1.54) is 50.2 Å². The van der Waals surface area contributed by atoms with E-state index in [0.717, 1.165) is 30.9 Å². The third-order valence-electron chi connectivity index (χ3n) is 22.6. The van der Waals surface area contributed by atoms with Crippen LogP contribution in [0.2, 0.25) is 0 Å². The fourth-order valence-corrected chi connectivity index (χ4v) is 17.2. The Labute approximate surface area is 842 Å². The fraction of sp³-hybridized carbons (Fsp3) is 0.563. The quantitative estimate of drug-likeness (QED) is 0.0140. The number of guanidine groups is 2. The second kappa shape index (κ2) is 61.0. The number of carboxylic acid groups (broad SMARTS) is 4. The van der Waals surface area contributed by atoms with Crippen LogP contribution in [0.15, 0.2) is 54.6 Å². The first-order chi connectivity index (χ1) is 68.9. The van der Waals surface area contributed by atoms with Crippen molar-refractivity contribution in [2.24, 2.45) is 34.6 Å². The minimum absolute atomic E-state index is 0.000236. The lowest BCUT2D eigenvalue weighted by molar-refractivity contribution is -0.146. The molecule has 3 aliphatic heterocycles. The van der Waals surface area contributed by atoms with Crippen LogP contribution in [0.5, 0.6) is 5.75 Å². The number of rotatable bonds is 32. The molecule has 3 unspecified atom stereocenters. The molecular weight excluding hydrogens is 1970 g/mol. The van der Waals surface area contributed by atoms with Crippen molar-refractivity contribution < 1.29 is 146 Å². The summed E-state index contributed by atoms with van der Waals surface area (Å²) in [5.74, 6) is -37.0. The first kappa shape index (κ1) is 121. The van der Waals surface area contributed by atoms with E-state index < -0.39 is 364 Å². The zero-order chi connectivity index (χ0) is 109. The third-order valence-corrected chi connectivity index (χ3v) is 25.0. The van der Waals surface area contributed by atoms with Gasteiger partial charge in [-0.3, -0.25) is 126 Å². The normalized spacial score (nSPS) is 25.5. The molecule has 2 aromatic carbocycles. The standard InChI is InChI=1S/C87H129N27O30S2/c1-40(2)67-84(143)103-49(23-25-61(89)117)70(129)98-42(4)69(128)104-54(34-64(121)122)77(136)101-50(24-26-63(119)120)71(130)97-41(3)68(127)99-47(16-10-28-95-86(91)92)72(131)100-48(17-11-29-96-87(93)94)74(133)111-58-38-145-146-39-59(82(141)110-57(37-115)80(139)108-55(35-65(123)124)78(137)105-52(79(138)113-67)31-43-13-6-5-7-14-43)112-73(132)46(15-8-9-27-88)102-83(142)60-18-12-30-114(60)85(144)56(36-66(125)126)109-76(135)53(33-62(90)118)107-75(134)51(106-81(58)140)32-44-19-21-45(116)22-20-44/h5-7,13-14,19-22,40-42,46-60,67,115-116H,8-12,15-18,23-39,88H2,1-4H3,(H2,89,117)(H2,90,118)(H,97,130)(H,98,129)(H,99,127)(H,100,131)(H,101,136)(H,102,142)(H,103,143)(H,104,128)(H,105,137)(H,106,140)(H,107,134)(H,108,139)(H,109,135)(H,110,141)(H,111,133)(H,112,132)(H,113,138)(H,119,120)(H,121,122)(H,123,124)(H,125,126)(H4,91,92,95)(H4,93,94,96)/t41-,42-,46?,47-,48?,49-,50-,51-,52-,53-,54-,55-,56-,57?,58-,59-,60-,67-/m0/s1. The van der Waals surface area contributed by atoms with Gasteiger partial charge in [-0.2, -0.15) is 0 Å². The predicted molar refractivity (Wildman–Crippen MR) is 515 cm³/mol. The molecule has 3 fully saturated rings. The van der Waals surface area contributed by atoms with E-state index in [2.05, 4.69) is 101 Å². The van der Waals surface area contributed by atoms with Crippen LogP contribution >= 0.6 is 21.6 Å². The molecule has 20 amide bonds. The van der Waals surface area contributed by atoms with Gasteiger partial charge in [-0.25, -0.2) is 0 Å². The number of unbranched alkanes of at least 4 members (excludes halogenated alkanes) is 1. The van der Waals surface area contributed by atoms with Crippen LogP contribution in [0, 0.1) is 16.7 Å². The minimum atomic E-state index is -2.28. The summed E-state index contributed by atoms with van der Waals surface area (Å²) in [5.41, 5.74) is 28.5. The Hall–Kier alpha value is -15.3. The number of nitrogens with zero attached hydrogens (tertiary/aromatic N) is 1. The van der Waals surface area contributed by atoms with Crippen LogP contribution in [0.25, 0.3) is 0 Å². The Morgan fingerprint density at radius 3 is 1.19 bits per heavy atom. The Kier molecular flexibility index (Phi) is 50.6. The van der Waals surface area contributed by atoms with Crippen molar-refractivity contribution in [1.82, 2.24) is 106 Å². The van der Waals surface area contributed by atoms with E-state index in [9.17, 15) is 117 Å². The van der Waals surface area contributed by atoms with E-state index in [-0.39, 0.29) is 82.4 Å². The van der Waals surface area contributed by atoms with Crippen molar-refractivity contribution in [3.05, 3.63) is 65.7 Å². The second-order valence-corrected chi connectivity index (χ2v) is 37.3. The number of hydrogen-bond acceptors (Lipinski definition) is 31. The first-order valence-electron chi connectivity index (χ1n) is 46.3.